The van der Waals surface area contributed by atoms with Crippen molar-refractivity contribution in [2.75, 3.05) is 31.6 Å². The van der Waals surface area contributed by atoms with Crippen molar-refractivity contribution in [3.63, 3.8) is 0 Å². The summed E-state index contributed by atoms with van der Waals surface area (Å²) < 4.78 is 5.18. The highest BCUT2D eigenvalue weighted by Gasteiger charge is 2.18. The molecule has 0 unspecified atom stereocenters. The molecule has 0 spiro atoms. The number of benzene rings is 1. The van der Waals surface area contributed by atoms with Crippen molar-refractivity contribution in [2.45, 2.75) is 19.3 Å². The first-order valence-electron chi connectivity index (χ1n) is 7.51. The normalized spacial score (nSPS) is 14.3. The largest absolute Gasteiger partial charge is 0.481 e. The number of anilines is 1. The minimum Gasteiger partial charge on any atom is -0.481 e. The summed E-state index contributed by atoms with van der Waals surface area (Å²) in [6.45, 7) is 2.17. The van der Waals surface area contributed by atoms with Crippen LogP contribution in [0.4, 0.5) is 5.69 Å². The molecule has 1 heterocycles. The molecule has 1 aromatic carbocycles. The summed E-state index contributed by atoms with van der Waals surface area (Å²) in [6, 6.07) is 6.75. The maximum atomic E-state index is 12.0. The summed E-state index contributed by atoms with van der Waals surface area (Å²) in [4.78, 5) is 36.5. The smallest absolute Gasteiger partial charge is 0.307 e. The zero-order valence-electron chi connectivity index (χ0n) is 12.8. The molecule has 2 N–H and O–H groups in total. The number of morpholine rings is 1. The molecule has 0 atom stereocenters. The molecule has 1 fully saturated rings. The summed E-state index contributed by atoms with van der Waals surface area (Å²) in [7, 11) is 0. The Hall–Kier alpha value is -2.41. The lowest BCUT2D eigenvalue weighted by atomic mass is 10.1. The van der Waals surface area contributed by atoms with Gasteiger partial charge in [-0.25, -0.2) is 0 Å². The van der Waals surface area contributed by atoms with Gasteiger partial charge in [0.05, 0.1) is 19.6 Å². The molecule has 0 aliphatic carbocycles. The molecule has 7 nitrogen and oxygen atoms in total. The van der Waals surface area contributed by atoms with Gasteiger partial charge in [-0.05, 0) is 11.6 Å². The molecule has 7 heteroatoms. The number of carboxylic acids is 1. The van der Waals surface area contributed by atoms with Gasteiger partial charge in [-0.2, -0.15) is 0 Å². The van der Waals surface area contributed by atoms with Gasteiger partial charge in [-0.15, -0.1) is 0 Å². The van der Waals surface area contributed by atoms with Crippen LogP contribution >= 0.6 is 0 Å². The van der Waals surface area contributed by atoms with Crippen molar-refractivity contribution in [3.8, 4) is 0 Å². The summed E-state index contributed by atoms with van der Waals surface area (Å²) in [6.07, 6.45) is 0.0354. The van der Waals surface area contributed by atoms with Crippen LogP contribution in [-0.4, -0.2) is 54.1 Å². The number of amides is 2. The highest BCUT2D eigenvalue weighted by molar-refractivity contribution is 5.94. The van der Waals surface area contributed by atoms with E-state index in [0.29, 0.717) is 37.6 Å². The third-order valence-corrected chi connectivity index (χ3v) is 3.56. The van der Waals surface area contributed by atoms with Crippen LogP contribution in [0.2, 0.25) is 0 Å². The first kappa shape index (κ1) is 17.0. The number of ether oxygens (including phenoxy) is 1. The number of carboxylic acid groups (broad SMARTS) is 1. The van der Waals surface area contributed by atoms with Crippen molar-refractivity contribution in [2.24, 2.45) is 0 Å². The van der Waals surface area contributed by atoms with Crippen LogP contribution in [-0.2, 0) is 25.5 Å². The fourth-order valence-electron chi connectivity index (χ4n) is 2.36. The molecular formula is C16H20N2O5. The number of nitrogens with one attached hydrogen (secondary N) is 1. The summed E-state index contributed by atoms with van der Waals surface area (Å²) >= 11 is 0. The average Bonchev–Trinajstić information content (AvgIpc) is 2.55. The first-order chi connectivity index (χ1) is 11.1. The summed E-state index contributed by atoms with van der Waals surface area (Å²) in [5, 5.41) is 11.5. The van der Waals surface area contributed by atoms with Crippen molar-refractivity contribution < 1.29 is 24.2 Å². The molecule has 0 aromatic heterocycles. The van der Waals surface area contributed by atoms with E-state index in [2.05, 4.69) is 5.32 Å². The molecular weight excluding hydrogens is 300 g/mol. The van der Waals surface area contributed by atoms with Gasteiger partial charge in [0.25, 0.3) is 0 Å². The minimum absolute atomic E-state index is 0.0671. The van der Waals surface area contributed by atoms with Gasteiger partial charge in [0, 0.05) is 31.6 Å². The molecule has 2 amide bonds. The Labute approximate surface area is 134 Å². The van der Waals surface area contributed by atoms with E-state index in [1.54, 1.807) is 29.2 Å². The van der Waals surface area contributed by atoms with E-state index in [9.17, 15) is 14.4 Å². The minimum atomic E-state index is -0.964. The third-order valence-electron chi connectivity index (χ3n) is 3.56. The van der Waals surface area contributed by atoms with E-state index < -0.39 is 5.97 Å². The number of rotatable bonds is 6. The van der Waals surface area contributed by atoms with E-state index in [4.69, 9.17) is 9.84 Å². The predicted molar refractivity (Wildman–Crippen MR) is 83.0 cm³/mol. The predicted octanol–water partition coefficient (Wildman–Crippen LogP) is 0.891. The number of carbonyl (C=O) groups excluding carboxylic acids is 2. The van der Waals surface area contributed by atoms with Gasteiger partial charge in [0.2, 0.25) is 11.8 Å². The molecule has 1 saturated heterocycles. The second-order valence-electron chi connectivity index (χ2n) is 5.27. The molecule has 0 bridgehead atoms. The molecule has 2 rings (SSSR count). The number of aliphatic carboxylic acids is 1. The molecule has 1 aliphatic heterocycles. The Balaban J connectivity index is 1.85. The maximum absolute atomic E-state index is 12.0. The Kier molecular flexibility index (Phi) is 6.10. The van der Waals surface area contributed by atoms with Crippen LogP contribution in [0.3, 0.4) is 0 Å². The van der Waals surface area contributed by atoms with Crippen molar-refractivity contribution in [1.82, 2.24) is 4.90 Å². The Bertz CT molecular complexity index is 582. The second-order valence-corrected chi connectivity index (χ2v) is 5.27. The summed E-state index contributed by atoms with van der Waals surface area (Å²) in [5.41, 5.74) is 1.01. The lowest BCUT2D eigenvalue weighted by Gasteiger charge is -2.26. The van der Waals surface area contributed by atoms with Crippen molar-refractivity contribution >= 4 is 23.5 Å². The van der Waals surface area contributed by atoms with Crippen LogP contribution in [0.25, 0.3) is 0 Å². The van der Waals surface area contributed by atoms with Gasteiger partial charge in [-0.1, -0.05) is 18.2 Å². The third kappa shape index (κ3) is 5.37. The molecule has 0 saturated carbocycles. The van der Waals surface area contributed by atoms with E-state index >= 15 is 0 Å². The average molecular weight is 320 g/mol. The van der Waals surface area contributed by atoms with Crippen LogP contribution in [0.5, 0.6) is 0 Å². The number of carbonyl (C=O) groups is 3. The molecule has 124 valence electrons. The zero-order valence-corrected chi connectivity index (χ0v) is 12.8. The molecule has 23 heavy (non-hydrogen) atoms. The lowest BCUT2D eigenvalue weighted by molar-refractivity contribution is -0.136. The van der Waals surface area contributed by atoms with Gasteiger partial charge in [0.15, 0.2) is 0 Å². The summed E-state index contributed by atoms with van der Waals surface area (Å²) in [5.74, 6) is -1.33. The number of nitrogens with zero attached hydrogens (tertiary/aromatic N) is 1. The van der Waals surface area contributed by atoms with E-state index in [0.717, 1.165) is 0 Å². The Morgan fingerprint density at radius 2 is 1.83 bits per heavy atom. The SMILES string of the molecule is O=C(O)Cc1ccccc1NC(=O)CCC(=O)N1CCOCC1. The fraction of sp³-hybridized carbons (Fsp3) is 0.438. The van der Waals surface area contributed by atoms with Gasteiger partial charge in [-0.3, -0.25) is 14.4 Å². The van der Waals surface area contributed by atoms with Crippen molar-refractivity contribution in [1.29, 1.82) is 0 Å². The van der Waals surface area contributed by atoms with Crippen molar-refractivity contribution in [3.05, 3.63) is 29.8 Å². The maximum Gasteiger partial charge on any atom is 0.307 e. The number of hydrogen-bond acceptors (Lipinski definition) is 4. The quantitative estimate of drug-likeness (QED) is 0.811. The van der Waals surface area contributed by atoms with Crippen LogP contribution in [0.1, 0.15) is 18.4 Å². The number of hydrogen-bond donors (Lipinski definition) is 2. The highest BCUT2D eigenvalue weighted by atomic mass is 16.5. The van der Waals surface area contributed by atoms with E-state index in [1.807, 2.05) is 0 Å². The van der Waals surface area contributed by atoms with Crippen LogP contribution < -0.4 is 5.32 Å². The highest BCUT2D eigenvalue weighted by Crippen LogP contribution is 2.16. The van der Waals surface area contributed by atoms with Gasteiger partial charge >= 0.3 is 5.97 Å². The second kappa shape index (κ2) is 8.28. The van der Waals surface area contributed by atoms with Gasteiger partial charge in [0.1, 0.15) is 0 Å². The standard InChI is InChI=1S/C16H20N2O5/c19-14(5-6-15(20)18-7-9-23-10-8-18)17-13-4-2-1-3-12(13)11-16(21)22/h1-4H,5-11H2,(H,17,19)(H,21,22). The number of para-hydroxylation sites is 1. The molecule has 1 aliphatic rings. The monoisotopic (exact) mass is 320 g/mol. The zero-order chi connectivity index (χ0) is 16.7. The van der Waals surface area contributed by atoms with E-state index in [-0.39, 0.29) is 31.1 Å². The van der Waals surface area contributed by atoms with Gasteiger partial charge < -0.3 is 20.1 Å². The lowest BCUT2D eigenvalue weighted by Crippen LogP contribution is -2.40. The molecule has 0 radical (unpaired) electrons. The first-order valence-corrected chi connectivity index (χ1v) is 7.51. The fourth-order valence-corrected chi connectivity index (χ4v) is 2.36. The van der Waals surface area contributed by atoms with Crippen LogP contribution in [0.15, 0.2) is 24.3 Å². The topological polar surface area (TPSA) is 95.9 Å². The van der Waals surface area contributed by atoms with E-state index in [1.165, 1.54) is 0 Å². The molecule has 1 aromatic rings. The van der Waals surface area contributed by atoms with Crippen LogP contribution in [0, 0.1) is 0 Å². The Morgan fingerprint density at radius 3 is 2.52 bits per heavy atom. The Morgan fingerprint density at radius 1 is 1.13 bits per heavy atom.